The number of rotatable bonds is 64. The van der Waals surface area contributed by atoms with E-state index in [0.717, 1.165) is 63.7 Å². The van der Waals surface area contributed by atoms with Gasteiger partial charge in [-0.1, -0.05) is 362 Å². The Morgan fingerprint density at radius 3 is 0.653 bits per heavy atom. The summed E-state index contributed by atoms with van der Waals surface area (Å²) in [6, 6.07) is 0. The lowest BCUT2D eigenvalue weighted by Crippen LogP contribution is -2.30. The van der Waals surface area contributed by atoms with Gasteiger partial charge in [-0.2, -0.15) is 0 Å². The molecule has 0 amide bonds. The molecule has 1 atom stereocenters. The van der Waals surface area contributed by atoms with Crippen molar-refractivity contribution >= 4 is 17.9 Å². The first kappa shape index (κ1) is 73.4. The predicted molar refractivity (Wildman–Crippen MR) is 326 cm³/mol. The van der Waals surface area contributed by atoms with Crippen LogP contribution in [-0.2, 0) is 28.6 Å². The molecule has 0 aromatic carbocycles. The predicted octanol–water partition coefficient (Wildman–Crippen LogP) is 23.3. The van der Waals surface area contributed by atoms with Crippen molar-refractivity contribution in [3.63, 3.8) is 0 Å². The fourth-order valence-electron chi connectivity index (χ4n) is 10.9. The highest BCUT2D eigenvalue weighted by atomic mass is 16.6. The van der Waals surface area contributed by atoms with Crippen molar-refractivity contribution in [2.24, 2.45) is 5.92 Å². The number of carbonyl (C=O) groups excluding carboxylic acids is 3. The maximum atomic E-state index is 12.9. The maximum absolute atomic E-state index is 12.9. The topological polar surface area (TPSA) is 78.9 Å². The number of esters is 3. The average molecular weight is 1060 g/mol. The maximum Gasteiger partial charge on any atom is 0.306 e. The highest BCUT2D eigenvalue weighted by Gasteiger charge is 2.19. The van der Waals surface area contributed by atoms with Crippen LogP contribution in [0.3, 0.4) is 0 Å². The Balaban J connectivity index is 4.27. The SMILES string of the molecule is CCCCCCCCCCCCCCCCCCCCCC(=O)O[C@@H](COC(=O)CCCCCCCCCCCCCCCCCCC)COC(=O)CCCCCCCCCCCCCCCCCCCCC(C)C. The van der Waals surface area contributed by atoms with Crippen LogP contribution in [0, 0.1) is 5.92 Å². The van der Waals surface area contributed by atoms with Crippen molar-refractivity contribution in [2.75, 3.05) is 13.2 Å². The van der Waals surface area contributed by atoms with Crippen LogP contribution in [0.25, 0.3) is 0 Å². The van der Waals surface area contributed by atoms with E-state index in [0.29, 0.717) is 19.3 Å². The quantitative estimate of drug-likeness (QED) is 0.0343. The van der Waals surface area contributed by atoms with E-state index in [1.165, 1.54) is 295 Å². The van der Waals surface area contributed by atoms with E-state index in [9.17, 15) is 14.4 Å². The molecule has 6 heteroatoms. The highest BCUT2D eigenvalue weighted by Crippen LogP contribution is 2.19. The normalized spacial score (nSPS) is 12.0. The molecule has 0 saturated heterocycles. The Kier molecular flexibility index (Phi) is 61.9. The fourth-order valence-corrected chi connectivity index (χ4v) is 10.9. The van der Waals surface area contributed by atoms with Gasteiger partial charge >= 0.3 is 17.9 Å². The van der Waals surface area contributed by atoms with Crippen molar-refractivity contribution in [1.82, 2.24) is 0 Å². The lowest BCUT2D eigenvalue weighted by Gasteiger charge is -2.18. The van der Waals surface area contributed by atoms with Gasteiger partial charge in [0.1, 0.15) is 13.2 Å². The molecule has 0 spiro atoms. The standard InChI is InChI=1S/C69H134O6/c1-5-7-9-11-13-15-17-19-21-23-24-30-34-38-42-46-50-54-58-62-69(72)75-66(63-73-67(70)60-56-52-48-44-40-36-32-27-22-20-18-16-14-12-10-8-6-2)64-74-68(71)61-57-53-49-45-41-37-33-29-26-25-28-31-35-39-43-47-51-55-59-65(3)4/h65-66H,5-64H2,1-4H3/t66-/m0/s1. The third-order valence-electron chi connectivity index (χ3n) is 16.0. The molecule has 0 saturated carbocycles. The van der Waals surface area contributed by atoms with Crippen molar-refractivity contribution in [3.05, 3.63) is 0 Å². The summed E-state index contributed by atoms with van der Waals surface area (Å²) in [7, 11) is 0. The molecule has 0 unspecified atom stereocenters. The summed E-state index contributed by atoms with van der Waals surface area (Å²) in [5, 5.41) is 0. The second-order valence-corrected chi connectivity index (χ2v) is 24.3. The smallest absolute Gasteiger partial charge is 0.306 e. The van der Waals surface area contributed by atoms with Gasteiger partial charge in [0, 0.05) is 19.3 Å². The number of hydrogen-bond acceptors (Lipinski definition) is 6. The van der Waals surface area contributed by atoms with Crippen LogP contribution in [0.15, 0.2) is 0 Å². The molecule has 6 nitrogen and oxygen atoms in total. The molecular weight excluding hydrogens is 925 g/mol. The van der Waals surface area contributed by atoms with Gasteiger partial charge in [-0.25, -0.2) is 0 Å². The zero-order valence-corrected chi connectivity index (χ0v) is 51.5. The molecule has 0 rings (SSSR count). The van der Waals surface area contributed by atoms with E-state index in [1.54, 1.807) is 0 Å². The molecule has 0 aliphatic carbocycles. The Morgan fingerprint density at radius 2 is 0.440 bits per heavy atom. The monoisotopic (exact) mass is 1060 g/mol. The van der Waals surface area contributed by atoms with E-state index in [-0.39, 0.29) is 31.1 Å². The van der Waals surface area contributed by atoms with Gasteiger partial charge in [-0.3, -0.25) is 14.4 Å². The fraction of sp³-hybridized carbons (Fsp3) is 0.957. The molecule has 0 aromatic rings. The average Bonchev–Trinajstić information content (AvgIpc) is 3.40. The van der Waals surface area contributed by atoms with Crippen LogP contribution < -0.4 is 0 Å². The summed E-state index contributed by atoms with van der Waals surface area (Å²) >= 11 is 0. The zero-order valence-electron chi connectivity index (χ0n) is 51.5. The first-order valence-corrected chi connectivity index (χ1v) is 34.4. The molecule has 0 aromatic heterocycles. The minimum Gasteiger partial charge on any atom is -0.462 e. The molecule has 0 aliphatic rings. The van der Waals surface area contributed by atoms with Crippen molar-refractivity contribution in [2.45, 2.75) is 406 Å². The van der Waals surface area contributed by atoms with Crippen LogP contribution >= 0.6 is 0 Å². The minimum atomic E-state index is -0.764. The van der Waals surface area contributed by atoms with E-state index in [1.807, 2.05) is 0 Å². The Morgan fingerprint density at radius 1 is 0.253 bits per heavy atom. The van der Waals surface area contributed by atoms with Crippen LogP contribution in [0.4, 0.5) is 0 Å². The highest BCUT2D eigenvalue weighted by molar-refractivity contribution is 5.71. The van der Waals surface area contributed by atoms with Crippen molar-refractivity contribution in [3.8, 4) is 0 Å². The Bertz CT molecular complexity index is 1140. The van der Waals surface area contributed by atoms with E-state index in [2.05, 4.69) is 27.7 Å². The van der Waals surface area contributed by atoms with Crippen LogP contribution in [0.5, 0.6) is 0 Å². The molecule has 0 fully saturated rings. The number of unbranched alkanes of at least 4 members (excludes halogenated alkanes) is 51. The van der Waals surface area contributed by atoms with E-state index in [4.69, 9.17) is 14.2 Å². The van der Waals surface area contributed by atoms with Crippen LogP contribution in [-0.4, -0.2) is 37.2 Å². The second-order valence-electron chi connectivity index (χ2n) is 24.3. The van der Waals surface area contributed by atoms with Gasteiger partial charge in [0.15, 0.2) is 6.10 Å². The second kappa shape index (κ2) is 63.2. The first-order valence-electron chi connectivity index (χ1n) is 34.4. The number of hydrogen-bond donors (Lipinski definition) is 0. The minimum absolute atomic E-state index is 0.0606. The van der Waals surface area contributed by atoms with Crippen molar-refractivity contribution < 1.29 is 28.6 Å². The molecule has 0 N–H and O–H groups in total. The molecule has 0 radical (unpaired) electrons. The lowest BCUT2D eigenvalue weighted by atomic mass is 10.0. The summed E-state index contributed by atoms with van der Waals surface area (Å²) in [6.07, 6.45) is 72.6. The summed E-state index contributed by atoms with van der Waals surface area (Å²) in [6.45, 7) is 9.12. The van der Waals surface area contributed by atoms with Crippen molar-refractivity contribution in [1.29, 1.82) is 0 Å². The Labute approximate surface area is 469 Å². The molecule has 0 aliphatic heterocycles. The molecule has 0 heterocycles. The van der Waals surface area contributed by atoms with E-state index >= 15 is 0 Å². The lowest BCUT2D eigenvalue weighted by molar-refractivity contribution is -0.167. The van der Waals surface area contributed by atoms with Gasteiger partial charge in [0.05, 0.1) is 0 Å². The van der Waals surface area contributed by atoms with Gasteiger partial charge < -0.3 is 14.2 Å². The molecular formula is C69H134O6. The molecule has 0 bridgehead atoms. The summed E-state index contributed by atoms with van der Waals surface area (Å²) in [5.41, 5.74) is 0. The summed E-state index contributed by atoms with van der Waals surface area (Å²) < 4.78 is 17.0. The van der Waals surface area contributed by atoms with Gasteiger partial charge in [0.25, 0.3) is 0 Å². The first-order chi connectivity index (χ1) is 36.9. The van der Waals surface area contributed by atoms with Gasteiger partial charge in [-0.05, 0) is 25.2 Å². The molecule has 446 valence electrons. The largest absolute Gasteiger partial charge is 0.462 e. The van der Waals surface area contributed by atoms with Gasteiger partial charge in [-0.15, -0.1) is 0 Å². The third kappa shape index (κ3) is 63.1. The van der Waals surface area contributed by atoms with Crippen LogP contribution in [0.2, 0.25) is 0 Å². The Hall–Kier alpha value is -1.59. The van der Waals surface area contributed by atoms with E-state index < -0.39 is 6.10 Å². The third-order valence-corrected chi connectivity index (χ3v) is 16.0. The van der Waals surface area contributed by atoms with Gasteiger partial charge in [0.2, 0.25) is 0 Å². The zero-order chi connectivity index (χ0) is 54.4. The summed E-state index contributed by atoms with van der Waals surface area (Å²) in [5.74, 6) is 0.0376. The number of ether oxygens (including phenoxy) is 3. The number of carbonyl (C=O) groups is 3. The molecule has 75 heavy (non-hydrogen) atoms. The summed E-state index contributed by atoms with van der Waals surface area (Å²) in [4.78, 5) is 38.4. The van der Waals surface area contributed by atoms with Crippen LogP contribution in [0.1, 0.15) is 400 Å².